The fourth-order valence-corrected chi connectivity index (χ4v) is 3.11. The van der Waals surface area contributed by atoms with Crippen molar-refractivity contribution in [2.75, 3.05) is 37.9 Å². The van der Waals surface area contributed by atoms with Crippen molar-refractivity contribution in [2.24, 2.45) is 0 Å². The van der Waals surface area contributed by atoms with Crippen molar-refractivity contribution in [2.45, 2.75) is 13.5 Å². The third-order valence-corrected chi connectivity index (χ3v) is 5.09. The molecule has 0 radical (unpaired) electrons. The smallest absolute Gasteiger partial charge is 0.214 e. The van der Waals surface area contributed by atoms with Crippen molar-refractivity contribution in [3.05, 3.63) is 23.8 Å². The molecule has 0 spiro atoms. The molecular weight excluding hydrogens is 264 g/mol. The molecule has 0 atom stereocenters. The van der Waals surface area contributed by atoms with Crippen LogP contribution in [-0.2, 0) is 16.6 Å². The summed E-state index contributed by atoms with van der Waals surface area (Å²) in [5, 5.41) is 0. The minimum Gasteiger partial charge on any atom is -0.492 e. The Morgan fingerprint density at radius 2 is 2.11 bits per heavy atom. The van der Waals surface area contributed by atoms with E-state index in [1.165, 1.54) is 4.31 Å². The molecule has 0 N–H and O–H groups in total. The summed E-state index contributed by atoms with van der Waals surface area (Å²) in [6.45, 7) is 2.85. The lowest BCUT2D eigenvalue weighted by Crippen LogP contribution is -2.33. The van der Waals surface area contributed by atoms with Crippen LogP contribution in [0.3, 0.4) is 0 Å². The van der Waals surface area contributed by atoms with E-state index in [9.17, 15) is 8.42 Å². The highest BCUT2D eigenvalue weighted by atomic mass is 32.2. The Kier molecular flexibility index (Phi) is 4.01. The van der Waals surface area contributed by atoms with Crippen LogP contribution in [0.25, 0.3) is 0 Å². The fraction of sp³-hybridized carbons (Fsp3) is 0.538. The largest absolute Gasteiger partial charge is 0.492 e. The highest BCUT2D eigenvalue weighted by Crippen LogP contribution is 2.28. The topological polar surface area (TPSA) is 49.9 Å². The standard InChI is InChI=1S/C13H20N2O3S/c1-4-19(16,17)15-7-8-18-13-6-5-12(14(2)3)9-11(13)10-15/h5-6,9H,4,7-8,10H2,1-3H3. The molecule has 0 aliphatic carbocycles. The van der Waals surface area contributed by atoms with Gasteiger partial charge in [-0.15, -0.1) is 0 Å². The van der Waals surface area contributed by atoms with Gasteiger partial charge in [0.15, 0.2) is 0 Å². The normalized spacial score (nSPS) is 16.4. The van der Waals surface area contributed by atoms with Gasteiger partial charge in [-0.25, -0.2) is 8.42 Å². The highest BCUT2D eigenvalue weighted by molar-refractivity contribution is 7.89. The molecule has 0 amide bonds. The number of nitrogens with zero attached hydrogens (tertiary/aromatic N) is 2. The molecule has 106 valence electrons. The first-order valence-corrected chi connectivity index (χ1v) is 7.96. The van der Waals surface area contributed by atoms with Gasteiger partial charge in [0, 0.05) is 38.4 Å². The molecule has 0 bridgehead atoms. The van der Waals surface area contributed by atoms with E-state index < -0.39 is 10.0 Å². The van der Waals surface area contributed by atoms with E-state index in [1.54, 1.807) is 6.92 Å². The molecule has 0 saturated carbocycles. The lowest BCUT2D eigenvalue weighted by atomic mass is 10.1. The molecule has 19 heavy (non-hydrogen) atoms. The van der Waals surface area contributed by atoms with Gasteiger partial charge in [0.2, 0.25) is 10.0 Å². The summed E-state index contributed by atoms with van der Waals surface area (Å²) in [4.78, 5) is 1.99. The van der Waals surface area contributed by atoms with Crippen molar-refractivity contribution in [3.63, 3.8) is 0 Å². The predicted octanol–water partition coefficient (Wildman–Crippen LogP) is 1.30. The van der Waals surface area contributed by atoms with Crippen LogP contribution in [0.2, 0.25) is 0 Å². The van der Waals surface area contributed by atoms with Crippen molar-refractivity contribution >= 4 is 15.7 Å². The van der Waals surface area contributed by atoms with Crippen LogP contribution in [-0.4, -0.2) is 45.7 Å². The SMILES string of the molecule is CCS(=O)(=O)N1CCOc2ccc(N(C)C)cc2C1. The number of rotatable bonds is 3. The van der Waals surface area contributed by atoms with Crippen LogP contribution in [0.4, 0.5) is 5.69 Å². The van der Waals surface area contributed by atoms with Crippen LogP contribution in [0.1, 0.15) is 12.5 Å². The Hall–Kier alpha value is -1.27. The van der Waals surface area contributed by atoms with E-state index >= 15 is 0 Å². The zero-order valence-electron chi connectivity index (χ0n) is 11.6. The average Bonchev–Trinajstić information content (AvgIpc) is 2.60. The van der Waals surface area contributed by atoms with Crippen molar-refractivity contribution in [1.82, 2.24) is 4.31 Å². The Balaban J connectivity index is 2.35. The van der Waals surface area contributed by atoms with Crippen LogP contribution in [0, 0.1) is 0 Å². The van der Waals surface area contributed by atoms with Gasteiger partial charge in [-0.05, 0) is 25.1 Å². The van der Waals surface area contributed by atoms with Crippen molar-refractivity contribution < 1.29 is 13.2 Å². The van der Waals surface area contributed by atoms with E-state index in [-0.39, 0.29) is 5.75 Å². The summed E-state index contributed by atoms with van der Waals surface area (Å²) >= 11 is 0. The first kappa shape index (κ1) is 14.1. The number of anilines is 1. The summed E-state index contributed by atoms with van der Waals surface area (Å²) in [6.07, 6.45) is 0. The Bertz CT molecular complexity index is 555. The maximum Gasteiger partial charge on any atom is 0.214 e. The van der Waals surface area contributed by atoms with Crippen molar-refractivity contribution in [1.29, 1.82) is 0 Å². The lowest BCUT2D eigenvalue weighted by Gasteiger charge is -2.19. The lowest BCUT2D eigenvalue weighted by molar-refractivity contribution is 0.293. The van der Waals surface area contributed by atoms with Crippen LogP contribution in [0.5, 0.6) is 5.75 Å². The number of sulfonamides is 1. The first-order valence-electron chi connectivity index (χ1n) is 6.35. The maximum absolute atomic E-state index is 12.0. The average molecular weight is 284 g/mol. The second-order valence-corrected chi connectivity index (χ2v) is 7.03. The minimum atomic E-state index is -3.18. The molecule has 1 aliphatic heterocycles. The fourth-order valence-electron chi connectivity index (χ4n) is 2.05. The number of ether oxygens (including phenoxy) is 1. The Morgan fingerprint density at radius 3 is 2.74 bits per heavy atom. The third-order valence-electron chi connectivity index (χ3n) is 3.26. The van der Waals surface area contributed by atoms with Gasteiger partial charge in [0.1, 0.15) is 12.4 Å². The molecular formula is C13H20N2O3S. The van der Waals surface area contributed by atoms with Gasteiger partial charge in [0.25, 0.3) is 0 Å². The molecule has 6 heteroatoms. The molecule has 2 rings (SSSR count). The zero-order valence-corrected chi connectivity index (χ0v) is 12.4. The molecule has 0 aromatic heterocycles. The van der Waals surface area contributed by atoms with Gasteiger partial charge in [0.05, 0.1) is 5.75 Å². The minimum absolute atomic E-state index is 0.121. The summed E-state index contributed by atoms with van der Waals surface area (Å²) in [6, 6.07) is 5.87. The maximum atomic E-state index is 12.0. The number of fused-ring (bicyclic) bond motifs is 1. The van der Waals surface area contributed by atoms with Crippen molar-refractivity contribution in [3.8, 4) is 5.75 Å². The summed E-state index contributed by atoms with van der Waals surface area (Å²) in [5.41, 5.74) is 1.96. The number of hydrogen-bond donors (Lipinski definition) is 0. The first-order chi connectivity index (χ1) is 8.94. The predicted molar refractivity (Wildman–Crippen MR) is 76.1 cm³/mol. The molecule has 1 aliphatic rings. The van der Waals surface area contributed by atoms with E-state index in [4.69, 9.17) is 4.74 Å². The van der Waals surface area contributed by atoms with Gasteiger partial charge < -0.3 is 9.64 Å². The molecule has 5 nitrogen and oxygen atoms in total. The number of hydrogen-bond acceptors (Lipinski definition) is 4. The zero-order chi connectivity index (χ0) is 14.0. The van der Waals surface area contributed by atoms with Crippen LogP contribution >= 0.6 is 0 Å². The Labute approximate surface area is 114 Å². The van der Waals surface area contributed by atoms with Gasteiger partial charge in [-0.2, -0.15) is 4.31 Å². The highest BCUT2D eigenvalue weighted by Gasteiger charge is 2.24. The van der Waals surface area contributed by atoms with E-state index in [2.05, 4.69) is 0 Å². The molecule has 0 saturated heterocycles. The monoisotopic (exact) mass is 284 g/mol. The van der Waals surface area contributed by atoms with E-state index in [0.29, 0.717) is 19.7 Å². The Morgan fingerprint density at radius 1 is 1.37 bits per heavy atom. The summed E-state index contributed by atoms with van der Waals surface area (Å²) in [7, 11) is 0.736. The summed E-state index contributed by atoms with van der Waals surface area (Å²) in [5.74, 6) is 0.898. The van der Waals surface area contributed by atoms with Gasteiger partial charge in [-0.1, -0.05) is 0 Å². The molecule has 1 aromatic rings. The second-order valence-electron chi connectivity index (χ2n) is 4.77. The van der Waals surface area contributed by atoms with E-state index in [0.717, 1.165) is 17.0 Å². The molecule has 0 fully saturated rings. The van der Waals surface area contributed by atoms with Crippen LogP contribution in [0.15, 0.2) is 18.2 Å². The van der Waals surface area contributed by atoms with Crippen LogP contribution < -0.4 is 9.64 Å². The second kappa shape index (κ2) is 5.38. The van der Waals surface area contributed by atoms with Gasteiger partial charge >= 0.3 is 0 Å². The number of benzene rings is 1. The third kappa shape index (κ3) is 3.01. The van der Waals surface area contributed by atoms with E-state index in [1.807, 2.05) is 37.2 Å². The molecule has 1 heterocycles. The molecule has 1 aromatic carbocycles. The summed E-state index contributed by atoms with van der Waals surface area (Å²) < 4.78 is 31.1. The quantitative estimate of drug-likeness (QED) is 0.839. The molecule has 0 unspecified atom stereocenters. The van der Waals surface area contributed by atoms with Gasteiger partial charge in [-0.3, -0.25) is 0 Å².